The number of benzene rings is 1. The zero-order valence-corrected chi connectivity index (χ0v) is 13.1. The molecule has 112 valence electrons. The van der Waals surface area contributed by atoms with E-state index in [9.17, 15) is 5.26 Å². The van der Waals surface area contributed by atoms with Crippen LogP contribution >= 0.6 is 11.6 Å². The summed E-state index contributed by atoms with van der Waals surface area (Å²) in [6.45, 7) is 4.59. The highest BCUT2D eigenvalue weighted by atomic mass is 35.5. The van der Waals surface area contributed by atoms with Crippen LogP contribution in [0, 0.1) is 11.3 Å². The van der Waals surface area contributed by atoms with Crippen LogP contribution in [0.4, 0.5) is 5.69 Å². The molecule has 2 fully saturated rings. The van der Waals surface area contributed by atoms with Crippen molar-refractivity contribution in [3.8, 4) is 6.07 Å². The van der Waals surface area contributed by atoms with E-state index < -0.39 is 0 Å². The van der Waals surface area contributed by atoms with Crippen LogP contribution < -0.4 is 4.90 Å². The number of halogens is 1. The van der Waals surface area contributed by atoms with Gasteiger partial charge in [-0.25, -0.2) is 0 Å². The zero-order chi connectivity index (χ0) is 14.7. The van der Waals surface area contributed by atoms with Gasteiger partial charge < -0.3 is 9.80 Å². The highest BCUT2D eigenvalue weighted by Gasteiger charge is 2.26. The van der Waals surface area contributed by atoms with Crippen LogP contribution in [-0.2, 0) is 0 Å². The van der Waals surface area contributed by atoms with E-state index in [1.54, 1.807) is 6.07 Å². The summed E-state index contributed by atoms with van der Waals surface area (Å²) in [7, 11) is 0. The summed E-state index contributed by atoms with van der Waals surface area (Å²) in [5.41, 5.74) is 1.73. The number of hydrogen-bond acceptors (Lipinski definition) is 3. The van der Waals surface area contributed by atoms with E-state index in [1.165, 1.54) is 45.2 Å². The van der Waals surface area contributed by atoms with E-state index >= 15 is 0 Å². The lowest BCUT2D eigenvalue weighted by atomic mass is 9.99. The number of nitriles is 1. The molecule has 2 heterocycles. The largest absolute Gasteiger partial charge is 0.370 e. The second-order valence-electron chi connectivity index (χ2n) is 6.09. The van der Waals surface area contributed by atoms with Gasteiger partial charge in [0.2, 0.25) is 0 Å². The van der Waals surface area contributed by atoms with Gasteiger partial charge in [0, 0.05) is 24.2 Å². The average Bonchev–Trinajstić information content (AvgIpc) is 2.56. The number of rotatable bonds is 2. The Morgan fingerprint density at radius 2 is 1.76 bits per heavy atom. The lowest BCUT2D eigenvalue weighted by Crippen LogP contribution is -2.46. The Balaban J connectivity index is 1.65. The fourth-order valence-electron chi connectivity index (χ4n) is 3.62. The van der Waals surface area contributed by atoms with Gasteiger partial charge >= 0.3 is 0 Å². The monoisotopic (exact) mass is 303 g/mol. The fourth-order valence-corrected chi connectivity index (χ4v) is 3.78. The summed E-state index contributed by atoms with van der Waals surface area (Å²) in [4.78, 5) is 4.99. The van der Waals surface area contributed by atoms with Crippen molar-refractivity contribution in [1.29, 1.82) is 5.26 Å². The van der Waals surface area contributed by atoms with E-state index in [0.717, 1.165) is 30.4 Å². The van der Waals surface area contributed by atoms with Gasteiger partial charge in [0.05, 0.1) is 11.3 Å². The maximum atomic E-state index is 9.27. The molecule has 4 heteroatoms. The Hall–Kier alpha value is -1.24. The molecule has 1 aromatic carbocycles. The summed E-state index contributed by atoms with van der Waals surface area (Å²) in [6, 6.07) is 8.57. The zero-order valence-electron chi connectivity index (χ0n) is 12.4. The maximum absolute atomic E-state index is 9.27. The molecule has 0 atom stereocenters. The van der Waals surface area contributed by atoms with E-state index in [1.807, 2.05) is 12.1 Å². The maximum Gasteiger partial charge on any atom is 0.101 e. The Morgan fingerprint density at radius 3 is 2.43 bits per heavy atom. The third kappa shape index (κ3) is 3.33. The van der Waals surface area contributed by atoms with Gasteiger partial charge in [-0.15, -0.1) is 0 Å². The first-order valence-corrected chi connectivity index (χ1v) is 8.34. The second-order valence-corrected chi connectivity index (χ2v) is 6.52. The first kappa shape index (κ1) is 14.7. The summed E-state index contributed by atoms with van der Waals surface area (Å²) in [5.74, 6) is 0. The van der Waals surface area contributed by atoms with Gasteiger partial charge in [0.25, 0.3) is 0 Å². The molecule has 3 rings (SSSR count). The fraction of sp³-hybridized carbons (Fsp3) is 0.588. The Kier molecular flexibility index (Phi) is 4.67. The molecular weight excluding hydrogens is 282 g/mol. The highest BCUT2D eigenvalue weighted by Crippen LogP contribution is 2.29. The molecule has 0 radical (unpaired) electrons. The lowest BCUT2D eigenvalue weighted by Gasteiger charge is -2.41. The van der Waals surface area contributed by atoms with Crippen molar-refractivity contribution in [2.24, 2.45) is 0 Å². The predicted octanol–water partition coefficient (Wildman–Crippen LogP) is 3.67. The molecule has 0 spiro atoms. The SMILES string of the molecule is N#Cc1ccc(Cl)cc1N1CCC(N2CCCCC2)CC1. The Labute approximate surface area is 132 Å². The van der Waals surface area contributed by atoms with E-state index in [4.69, 9.17) is 11.6 Å². The number of nitrogens with zero attached hydrogens (tertiary/aromatic N) is 3. The molecule has 0 N–H and O–H groups in total. The van der Waals surface area contributed by atoms with Crippen LogP contribution in [-0.4, -0.2) is 37.1 Å². The average molecular weight is 304 g/mol. The minimum Gasteiger partial charge on any atom is -0.370 e. The standard InChI is InChI=1S/C17H22ClN3/c18-15-5-4-14(13-19)17(12-15)21-10-6-16(7-11-21)20-8-2-1-3-9-20/h4-5,12,16H,1-3,6-11H2. The van der Waals surface area contributed by atoms with Crippen LogP contribution in [0.1, 0.15) is 37.7 Å². The summed E-state index contributed by atoms with van der Waals surface area (Å²) in [5, 5.41) is 9.98. The van der Waals surface area contributed by atoms with Crippen molar-refractivity contribution >= 4 is 17.3 Å². The number of piperidine rings is 2. The normalized spacial score (nSPS) is 21.2. The second kappa shape index (κ2) is 6.68. The Bertz CT molecular complexity index is 523. The van der Waals surface area contributed by atoms with Gasteiger partial charge in [-0.2, -0.15) is 5.26 Å². The van der Waals surface area contributed by atoms with Crippen LogP contribution in [0.2, 0.25) is 5.02 Å². The van der Waals surface area contributed by atoms with E-state index in [2.05, 4.69) is 15.9 Å². The summed E-state index contributed by atoms with van der Waals surface area (Å²) in [6.07, 6.45) is 6.48. The molecule has 1 aromatic rings. The molecule has 0 unspecified atom stereocenters. The van der Waals surface area contributed by atoms with Crippen LogP contribution in [0.3, 0.4) is 0 Å². The topological polar surface area (TPSA) is 30.3 Å². The Morgan fingerprint density at radius 1 is 1.05 bits per heavy atom. The third-order valence-corrected chi connectivity index (χ3v) is 5.03. The van der Waals surface area contributed by atoms with Crippen molar-refractivity contribution in [3.63, 3.8) is 0 Å². The molecule has 3 nitrogen and oxygen atoms in total. The van der Waals surface area contributed by atoms with Gasteiger partial charge in [-0.3, -0.25) is 0 Å². The quantitative estimate of drug-likeness (QED) is 0.835. The third-order valence-electron chi connectivity index (χ3n) is 4.79. The van der Waals surface area contributed by atoms with Gasteiger partial charge in [-0.1, -0.05) is 18.0 Å². The minimum atomic E-state index is 0.710. The van der Waals surface area contributed by atoms with E-state index in [0.29, 0.717) is 5.02 Å². The van der Waals surface area contributed by atoms with Crippen molar-refractivity contribution in [2.75, 3.05) is 31.1 Å². The van der Waals surface area contributed by atoms with Crippen molar-refractivity contribution in [1.82, 2.24) is 4.90 Å². The van der Waals surface area contributed by atoms with Gasteiger partial charge in [-0.05, 0) is 57.0 Å². The molecule has 0 aromatic heterocycles. The smallest absolute Gasteiger partial charge is 0.101 e. The molecule has 0 amide bonds. The van der Waals surface area contributed by atoms with Crippen molar-refractivity contribution in [3.05, 3.63) is 28.8 Å². The highest BCUT2D eigenvalue weighted by molar-refractivity contribution is 6.30. The molecule has 2 saturated heterocycles. The van der Waals surface area contributed by atoms with Crippen LogP contribution in [0.5, 0.6) is 0 Å². The number of anilines is 1. The minimum absolute atomic E-state index is 0.710. The molecule has 0 bridgehead atoms. The molecule has 0 aliphatic carbocycles. The van der Waals surface area contributed by atoms with Crippen molar-refractivity contribution < 1.29 is 0 Å². The van der Waals surface area contributed by atoms with Crippen molar-refractivity contribution in [2.45, 2.75) is 38.1 Å². The number of likely N-dealkylation sites (tertiary alicyclic amines) is 1. The van der Waals surface area contributed by atoms with Gasteiger partial charge in [0.15, 0.2) is 0 Å². The first-order valence-electron chi connectivity index (χ1n) is 7.96. The first-order chi connectivity index (χ1) is 10.3. The molecule has 2 aliphatic heterocycles. The molecular formula is C17H22ClN3. The molecule has 2 aliphatic rings. The molecule has 0 saturated carbocycles. The van der Waals surface area contributed by atoms with Crippen LogP contribution in [0.15, 0.2) is 18.2 Å². The van der Waals surface area contributed by atoms with E-state index in [-0.39, 0.29) is 0 Å². The van der Waals surface area contributed by atoms with Gasteiger partial charge in [0.1, 0.15) is 6.07 Å². The summed E-state index contributed by atoms with van der Waals surface area (Å²) >= 11 is 6.10. The summed E-state index contributed by atoms with van der Waals surface area (Å²) < 4.78 is 0. The predicted molar refractivity (Wildman–Crippen MR) is 86.8 cm³/mol. The number of hydrogen-bond donors (Lipinski definition) is 0. The lowest BCUT2D eigenvalue weighted by molar-refractivity contribution is 0.141. The van der Waals surface area contributed by atoms with Crippen LogP contribution in [0.25, 0.3) is 0 Å². The molecule has 21 heavy (non-hydrogen) atoms.